The summed E-state index contributed by atoms with van der Waals surface area (Å²) in [5.74, 6) is 0.178. The van der Waals surface area contributed by atoms with Crippen LogP contribution in [0.1, 0.15) is 29.8 Å². The Balaban J connectivity index is 3.16. The molecule has 1 aromatic carbocycles. The molecule has 0 unspecified atom stereocenters. The van der Waals surface area contributed by atoms with Gasteiger partial charge in [0.25, 0.3) is 0 Å². The van der Waals surface area contributed by atoms with E-state index in [1.165, 1.54) is 7.11 Å². The number of nitrogen functional groups attached to an aromatic ring is 1. The molecule has 0 heterocycles. The van der Waals surface area contributed by atoms with Crippen LogP contribution in [0.4, 0.5) is 5.69 Å². The van der Waals surface area contributed by atoms with Crippen LogP contribution in [0.2, 0.25) is 0 Å². The Morgan fingerprint density at radius 1 is 1.38 bits per heavy atom. The summed E-state index contributed by atoms with van der Waals surface area (Å²) in [7, 11) is 1.33. The number of carbonyl (C=O) groups is 1. The first kappa shape index (κ1) is 12.4. The fourth-order valence-corrected chi connectivity index (χ4v) is 1.38. The Labute approximate surface area is 95.3 Å². The van der Waals surface area contributed by atoms with Gasteiger partial charge in [0, 0.05) is 5.69 Å². The molecular formula is C12H17NO3. The number of ether oxygens (including phenoxy) is 2. The van der Waals surface area contributed by atoms with E-state index in [-0.39, 0.29) is 6.10 Å². The van der Waals surface area contributed by atoms with Crippen LogP contribution in [-0.4, -0.2) is 19.2 Å². The summed E-state index contributed by atoms with van der Waals surface area (Å²) in [4.78, 5) is 11.5. The van der Waals surface area contributed by atoms with Gasteiger partial charge in [0.2, 0.25) is 0 Å². The number of hydrogen-bond donors (Lipinski definition) is 1. The predicted molar refractivity (Wildman–Crippen MR) is 62.7 cm³/mol. The lowest BCUT2D eigenvalue weighted by molar-refractivity contribution is 0.0601. The van der Waals surface area contributed by atoms with E-state index in [1.54, 1.807) is 6.07 Å². The maximum atomic E-state index is 11.5. The van der Waals surface area contributed by atoms with Gasteiger partial charge in [0.1, 0.15) is 5.75 Å². The highest BCUT2D eigenvalue weighted by atomic mass is 16.5. The molecule has 0 fully saturated rings. The van der Waals surface area contributed by atoms with E-state index in [9.17, 15) is 4.79 Å². The lowest BCUT2D eigenvalue weighted by atomic mass is 10.1. The second-order valence-corrected chi connectivity index (χ2v) is 3.86. The first-order chi connectivity index (χ1) is 7.45. The predicted octanol–water partition coefficient (Wildman–Crippen LogP) is 2.15. The van der Waals surface area contributed by atoms with Gasteiger partial charge in [-0.15, -0.1) is 0 Å². The number of methoxy groups -OCH3 is 1. The molecule has 4 heteroatoms. The zero-order chi connectivity index (χ0) is 12.3. The van der Waals surface area contributed by atoms with Gasteiger partial charge >= 0.3 is 5.97 Å². The first-order valence-electron chi connectivity index (χ1n) is 5.10. The summed E-state index contributed by atoms with van der Waals surface area (Å²) in [6.45, 7) is 5.67. The molecule has 1 aromatic rings. The van der Waals surface area contributed by atoms with Gasteiger partial charge in [-0.3, -0.25) is 0 Å². The molecule has 4 nitrogen and oxygen atoms in total. The minimum atomic E-state index is -0.449. The standard InChI is InChI=1S/C12H17NO3/c1-7(2)16-9-5-8(3)11(13)10(6-9)12(14)15-4/h5-7H,13H2,1-4H3. The van der Waals surface area contributed by atoms with E-state index in [0.717, 1.165) is 5.56 Å². The Bertz CT molecular complexity index is 399. The highest BCUT2D eigenvalue weighted by Gasteiger charge is 2.14. The summed E-state index contributed by atoms with van der Waals surface area (Å²) in [6, 6.07) is 3.41. The van der Waals surface area contributed by atoms with E-state index < -0.39 is 5.97 Å². The third-order valence-electron chi connectivity index (χ3n) is 2.14. The second kappa shape index (κ2) is 4.88. The maximum absolute atomic E-state index is 11.5. The van der Waals surface area contributed by atoms with Gasteiger partial charge in [0.15, 0.2) is 0 Å². The fourth-order valence-electron chi connectivity index (χ4n) is 1.38. The summed E-state index contributed by atoms with van der Waals surface area (Å²) in [5.41, 5.74) is 7.39. The van der Waals surface area contributed by atoms with Crippen molar-refractivity contribution in [2.75, 3.05) is 12.8 Å². The summed E-state index contributed by atoms with van der Waals surface area (Å²) in [5, 5.41) is 0. The lowest BCUT2D eigenvalue weighted by Gasteiger charge is -2.13. The van der Waals surface area contributed by atoms with Gasteiger partial charge in [-0.2, -0.15) is 0 Å². The molecule has 0 aromatic heterocycles. The number of esters is 1. The SMILES string of the molecule is COC(=O)c1cc(OC(C)C)cc(C)c1N. The number of hydrogen-bond acceptors (Lipinski definition) is 4. The van der Waals surface area contributed by atoms with Gasteiger partial charge < -0.3 is 15.2 Å². The molecule has 0 saturated carbocycles. The van der Waals surface area contributed by atoms with Crippen molar-refractivity contribution in [2.24, 2.45) is 0 Å². The Morgan fingerprint density at radius 3 is 2.50 bits per heavy atom. The normalized spacial score (nSPS) is 10.3. The molecular weight excluding hydrogens is 206 g/mol. The largest absolute Gasteiger partial charge is 0.491 e. The Hall–Kier alpha value is -1.71. The Kier molecular flexibility index (Phi) is 3.77. The van der Waals surface area contributed by atoms with Gasteiger partial charge in [-0.05, 0) is 38.5 Å². The number of aryl methyl sites for hydroxylation is 1. The van der Waals surface area contributed by atoms with Crippen LogP contribution in [0.5, 0.6) is 5.75 Å². The smallest absolute Gasteiger partial charge is 0.340 e. The highest BCUT2D eigenvalue weighted by Crippen LogP contribution is 2.25. The van der Waals surface area contributed by atoms with E-state index >= 15 is 0 Å². The molecule has 1 rings (SSSR count). The molecule has 0 atom stereocenters. The minimum Gasteiger partial charge on any atom is -0.491 e. The number of rotatable bonds is 3. The van der Waals surface area contributed by atoms with Gasteiger partial charge in [-0.25, -0.2) is 4.79 Å². The van der Waals surface area contributed by atoms with Crippen LogP contribution in [0, 0.1) is 6.92 Å². The third-order valence-corrected chi connectivity index (χ3v) is 2.14. The second-order valence-electron chi connectivity index (χ2n) is 3.86. The first-order valence-corrected chi connectivity index (χ1v) is 5.10. The molecule has 0 spiro atoms. The van der Waals surface area contributed by atoms with E-state index in [0.29, 0.717) is 17.0 Å². The monoisotopic (exact) mass is 223 g/mol. The molecule has 0 aliphatic heterocycles. The highest BCUT2D eigenvalue weighted by molar-refractivity contribution is 5.96. The number of benzene rings is 1. The molecule has 0 radical (unpaired) electrons. The molecule has 0 aliphatic rings. The van der Waals surface area contributed by atoms with Crippen molar-refractivity contribution in [2.45, 2.75) is 26.9 Å². The summed E-state index contributed by atoms with van der Waals surface area (Å²) in [6.07, 6.45) is 0.0496. The van der Waals surface area contributed by atoms with Crippen molar-refractivity contribution in [1.82, 2.24) is 0 Å². The third kappa shape index (κ3) is 2.66. The zero-order valence-electron chi connectivity index (χ0n) is 10.0. The van der Waals surface area contributed by atoms with Gasteiger partial charge in [-0.1, -0.05) is 0 Å². The van der Waals surface area contributed by atoms with E-state index in [4.69, 9.17) is 10.5 Å². The maximum Gasteiger partial charge on any atom is 0.340 e. The van der Waals surface area contributed by atoms with Crippen molar-refractivity contribution >= 4 is 11.7 Å². The zero-order valence-corrected chi connectivity index (χ0v) is 10.0. The average molecular weight is 223 g/mol. The van der Waals surface area contributed by atoms with Crippen LogP contribution in [-0.2, 0) is 4.74 Å². The topological polar surface area (TPSA) is 61.5 Å². The quantitative estimate of drug-likeness (QED) is 0.630. The molecule has 0 aliphatic carbocycles. The molecule has 16 heavy (non-hydrogen) atoms. The van der Waals surface area contributed by atoms with Crippen molar-refractivity contribution in [3.05, 3.63) is 23.3 Å². The van der Waals surface area contributed by atoms with Crippen molar-refractivity contribution < 1.29 is 14.3 Å². The van der Waals surface area contributed by atoms with E-state index in [2.05, 4.69) is 4.74 Å². The molecule has 0 bridgehead atoms. The van der Waals surface area contributed by atoms with Crippen LogP contribution >= 0.6 is 0 Å². The average Bonchev–Trinajstić information content (AvgIpc) is 2.21. The minimum absolute atomic E-state index is 0.0496. The molecule has 0 amide bonds. The number of carbonyl (C=O) groups excluding carboxylic acids is 1. The van der Waals surface area contributed by atoms with Crippen LogP contribution in [0.25, 0.3) is 0 Å². The van der Waals surface area contributed by atoms with Crippen molar-refractivity contribution in [3.63, 3.8) is 0 Å². The lowest BCUT2D eigenvalue weighted by Crippen LogP contribution is -2.10. The van der Waals surface area contributed by atoms with Crippen LogP contribution in [0.3, 0.4) is 0 Å². The van der Waals surface area contributed by atoms with Crippen LogP contribution in [0.15, 0.2) is 12.1 Å². The van der Waals surface area contributed by atoms with E-state index in [1.807, 2.05) is 26.8 Å². The summed E-state index contributed by atoms with van der Waals surface area (Å²) < 4.78 is 10.2. The Morgan fingerprint density at radius 2 is 2.00 bits per heavy atom. The fraction of sp³-hybridized carbons (Fsp3) is 0.417. The van der Waals surface area contributed by atoms with Crippen molar-refractivity contribution in [3.8, 4) is 5.75 Å². The number of anilines is 1. The summed E-state index contributed by atoms with van der Waals surface area (Å²) >= 11 is 0. The van der Waals surface area contributed by atoms with Crippen molar-refractivity contribution in [1.29, 1.82) is 0 Å². The molecule has 2 N–H and O–H groups in total. The van der Waals surface area contributed by atoms with Gasteiger partial charge in [0.05, 0.1) is 18.8 Å². The van der Waals surface area contributed by atoms with Crippen LogP contribution < -0.4 is 10.5 Å². The number of nitrogens with two attached hydrogens (primary N) is 1. The molecule has 0 saturated heterocycles. The molecule has 88 valence electrons.